The lowest BCUT2D eigenvalue weighted by Gasteiger charge is -2.20. The number of hydrogen-bond donors (Lipinski definition) is 0. The van der Waals surface area contributed by atoms with Gasteiger partial charge in [-0.25, -0.2) is 9.37 Å². The van der Waals surface area contributed by atoms with Gasteiger partial charge in [0.05, 0.1) is 12.1 Å². The molecule has 1 aromatic heterocycles. The number of methoxy groups -OCH3 is 1. The van der Waals surface area contributed by atoms with Crippen LogP contribution in [-0.4, -0.2) is 36.0 Å². The molecule has 158 valence electrons. The summed E-state index contributed by atoms with van der Waals surface area (Å²) in [6.45, 7) is 3.87. The third-order valence-electron chi connectivity index (χ3n) is 4.66. The van der Waals surface area contributed by atoms with Crippen LogP contribution in [0.15, 0.2) is 41.8 Å². The van der Waals surface area contributed by atoms with E-state index in [1.807, 2.05) is 19.9 Å². The van der Waals surface area contributed by atoms with Crippen molar-refractivity contribution in [1.29, 1.82) is 0 Å². The SMILES string of the molecule is COc1cc(-c2nc(C(=O)N(C)C(C)C)cs2)ccc1OCc1c(F)cccc1Cl. The highest BCUT2D eigenvalue weighted by molar-refractivity contribution is 7.13. The molecule has 5 nitrogen and oxygen atoms in total. The van der Waals surface area contributed by atoms with E-state index < -0.39 is 5.82 Å². The first-order valence-corrected chi connectivity index (χ1v) is 10.5. The molecule has 0 bridgehead atoms. The van der Waals surface area contributed by atoms with Crippen LogP contribution in [0.25, 0.3) is 10.6 Å². The minimum Gasteiger partial charge on any atom is -0.493 e. The highest BCUT2D eigenvalue weighted by Gasteiger charge is 2.19. The van der Waals surface area contributed by atoms with Crippen LogP contribution in [0.2, 0.25) is 5.02 Å². The molecule has 0 unspecified atom stereocenters. The molecule has 0 radical (unpaired) electrons. The first kappa shape index (κ1) is 22.1. The monoisotopic (exact) mass is 448 g/mol. The molecule has 3 rings (SSSR count). The van der Waals surface area contributed by atoms with Crippen molar-refractivity contribution >= 4 is 28.8 Å². The molecule has 0 aliphatic rings. The summed E-state index contributed by atoms with van der Waals surface area (Å²) in [6, 6.07) is 9.90. The zero-order valence-corrected chi connectivity index (χ0v) is 18.7. The maximum absolute atomic E-state index is 14.0. The number of halogens is 2. The highest BCUT2D eigenvalue weighted by Crippen LogP contribution is 2.35. The number of amides is 1. The Morgan fingerprint density at radius 1 is 1.27 bits per heavy atom. The van der Waals surface area contributed by atoms with Gasteiger partial charge in [-0.3, -0.25) is 4.79 Å². The molecule has 0 N–H and O–H groups in total. The van der Waals surface area contributed by atoms with Gasteiger partial charge in [-0.05, 0) is 44.2 Å². The average Bonchev–Trinajstić information content (AvgIpc) is 3.22. The van der Waals surface area contributed by atoms with Crippen molar-refractivity contribution < 1.29 is 18.7 Å². The first-order chi connectivity index (χ1) is 14.3. The maximum atomic E-state index is 14.0. The number of benzene rings is 2. The Morgan fingerprint density at radius 2 is 2.03 bits per heavy atom. The Labute approximate surface area is 184 Å². The van der Waals surface area contributed by atoms with Crippen LogP contribution in [0, 0.1) is 5.82 Å². The van der Waals surface area contributed by atoms with Crippen LogP contribution in [0.3, 0.4) is 0 Å². The third-order valence-corrected chi connectivity index (χ3v) is 5.91. The van der Waals surface area contributed by atoms with E-state index in [-0.39, 0.29) is 24.1 Å². The summed E-state index contributed by atoms with van der Waals surface area (Å²) >= 11 is 7.43. The fourth-order valence-corrected chi connectivity index (χ4v) is 3.67. The minimum absolute atomic E-state index is 0.0291. The topological polar surface area (TPSA) is 51.7 Å². The zero-order chi connectivity index (χ0) is 21.8. The molecule has 1 heterocycles. The number of hydrogen-bond acceptors (Lipinski definition) is 5. The summed E-state index contributed by atoms with van der Waals surface area (Å²) in [4.78, 5) is 18.6. The van der Waals surface area contributed by atoms with Crippen molar-refractivity contribution in [2.24, 2.45) is 0 Å². The van der Waals surface area contributed by atoms with E-state index in [2.05, 4.69) is 4.98 Å². The second kappa shape index (κ2) is 9.45. The second-order valence-corrected chi connectivity index (χ2v) is 8.17. The van der Waals surface area contributed by atoms with Crippen LogP contribution >= 0.6 is 22.9 Å². The van der Waals surface area contributed by atoms with Crippen LogP contribution in [0.1, 0.15) is 29.9 Å². The lowest BCUT2D eigenvalue weighted by Crippen LogP contribution is -2.33. The number of nitrogens with zero attached hydrogens (tertiary/aromatic N) is 2. The molecule has 30 heavy (non-hydrogen) atoms. The van der Waals surface area contributed by atoms with E-state index >= 15 is 0 Å². The average molecular weight is 449 g/mol. The third kappa shape index (κ3) is 4.74. The molecule has 3 aromatic rings. The molecular formula is C22H22ClFN2O3S. The van der Waals surface area contributed by atoms with Crippen LogP contribution in [0.4, 0.5) is 4.39 Å². The number of thiazole rings is 1. The fourth-order valence-electron chi connectivity index (χ4n) is 2.66. The van der Waals surface area contributed by atoms with Gasteiger partial charge in [-0.2, -0.15) is 0 Å². The summed E-state index contributed by atoms with van der Waals surface area (Å²) in [5.41, 5.74) is 1.47. The molecule has 0 fully saturated rings. The van der Waals surface area contributed by atoms with E-state index in [0.717, 1.165) is 5.56 Å². The van der Waals surface area contributed by atoms with Crippen LogP contribution in [0.5, 0.6) is 11.5 Å². The summed E-state index contributed by atoms with van der Waals surface area (Å²) in [5, 5.41) is 2.74. The summed E-state index contributed by atoms with van der Waals surface area (Å²) in [7, 11) is 3.28. The number of carbonyl (C=O) groups is 1. The van der Waals surface area contributed by atoms with Gasteiger partial charge in [0.2, 0.25) is 0 Å². The fraction of sp³-hybridized carbons (Fsp3) is 0.273. The number of carbonyl (C=O) groups excluding carboxylic acids is 1. The molecule has 0 saturated carbocycles. The zero-order valence-electron chi connectivity index (χ0n) is 17.1. The van der Waals surface area contributed by atoms with Gasteiger partial charge in [0.15, 0.2) is 11.5 Å². The van der Waals surface area contributed by atoms with Gasteiger partial charge in [-0.15, -0.1) is 11.3 Å². The molecule has 0 saturated heterocycles. The van der Waals surface area contributed by atoms with E-state index in [9.17, 15) is 9.18 Å². The smallest absolute Gasteiger partial charge is 0.273 e. The lowest BCUT2D eigenvalue weighted by molar-refractivity contribution is 0.0750. The van der Waals surface area contributed by atoms with Gasteiger partial charge >= 0.3 is 0 Å². The lowest BCUT2D eigenvalue weighted by atomic mass is 10.2. The summed E-state index contributed by atoms with van der Waals surface area (Å²) in [5.74, 6) is 0.376. The largest absolute Gasteiger partial charge is 0.493 e. The summed E-state index contributed by atoms with van der Waals surface area (Å²) < 4.78 is 25.1. The Morgan fingerprint density at radius 3 is 2.70 bits per heavy atom. The molecule has 2 aromatic carbocycles. The van der Waals surface area contributed by atoms with Gasteiger partial charge < -0.3 is 14.4 Å². The predicted octanol–water partition coefficient (Wildman–Crippen LogP) is 5.67. The van der Waals surface area contributed by atoms with E-state index in [4.69, 9.17) is 21.1 Å². The van der Waals surface area contributed by atoms with E-state index in [0.29, 0.717) is 27.2 Å². The Balaban J connectivity index is 1.80. The van der Waals surface area contributed by atoms with E-state index in [1.165, 1.54) is 24.5 Å². The normalized spacial score (nSPS) is 10.9. The van der Waals surface area contributed by atoms with Crippen LogP contribution in [-0.2, 0) is 6.61 Å². The Kier molecular flexibility index (Phi) is 6.95. The molecule has 8 heteroatoms. The maximum Gasteiger partial charge on any atom is 0.273 e. The molecule has 0 aliphatic carbocycles. The molecule has 0 aliphatic heterocycles. The van der Waals surface area contributed by atoms with Crippen molar-refractivity contribution in [2.75, 3.05) is 14.2 Å². The number of rotatable bonds is 7. The van der Waals surface area contributed by atoms with E-state index in [1.54, 1.807) is 41.6 Å². The molecular weight excluding hydrogens is 427 g/mol. The molecule has 0 atom stereocenters. The Bertz CT molecular complexity index is 1030. The van der Waals surface area contributed by atoms with Gasteiger partial charge in [-0.1, -0.05) is 17.7 Å². The van der Waals surface area contributed by atoms with Crippen molar-refractivity contribution in [1.82, 2.24) is 9.88 Å². The van der Waals surface area contributed by atoms with Gasteiger partial charge in [0.1, 0.15) is 23.1 Å². The molecule has 1 amide bonds. The first-order valence-electron chi connectivity index (χ1n) is 9.28. The van der Waals surface area contributed by atoms with Crippen molar-refractivity contribution in [3.63, 3.8) is 0 Å². The van der Waals surface area contributed by atoms with Crippen molar-refractivity contribution in [3.8, 4) is 22.1 Å². The quantitative estimate of drug-likeness (QED) is 0.467. The highest BCUT2D eigenvalue weighted by atomic mass is 35.5. The Hall–Kier alpha value is -2.64. The van der Waals surface area contributed by atoms with Gasteiger partial charge in [0.25, 0.3) is 5.91 Å². The predicted molar refractivity (Wildman–Crippen MR) is 117 cm³/mol. The minimum atomic E-state index is -0.426. The number of aromatic nitrogens is 1. The van der Waals surface area contributed by atoms with Gasteiger partial charge in [0, 0.05) is 29.6 Å². The van der Waals surface area contributed by atoms with Crippen molar-refractivity contribution in [3.05, 3.63) is 63.9 Å². The second-order valence-electron chi connectivity index (χ2n) is 6.90. The standard InChI is InChI=1S/C22H22ClFN2O3S/c1-13(2)26(3)22(27)18-12-30-21(25-18)14-8-9-19(20(10-14)28-4)29-11-15-16(23)6-5-7-17(15)24/h5-10,12-13H,11H2,1-4H3. The summed E-state index contributed by atoms with van der Waals surface area (Å²) in [6.07, 6.45) is 0. The number of ether oxygens (including phenoxy) is 2. The molecule has 0 spiro atoms. The van der Waals surface area contributed by atoms with Crippen LogP contribution < -0.4 is 9.47 Å². The van der Waals surface area contributed by atoms with Crippen molar-refractivity contribution in [2.45, 2.75) is 26.5 Å².